The number of hydrogen-bond donors (Lipinski definition) is 4. The van der Waals surface area contributed by atoms with Crippen LogP contribution >= 0.6 is 0 Å². The number of aryl methyl sites for hydroxylation is 1. The molecule has 4 aromatic rings. The quantitative estimate of drug-likeness (QED) is 0.262. The molecule has 0 unspecified atom stereocenters. The molecular formula is C23H25N7O5S. The third kappa shape index (κ3) is 5.47. The molecule has 188 valence electrons. The van der Waals surface area contributed by atoms with Crippen LogP contribution in [0.1, 0.15) is 5.69 Å². The van der Waals surface area contributed by atoms with Gasteiger partial charge in [0.15, 0.2) is 17.3 Å². The van der Waals surface area contributed by atoms with Crippen LogP contribution in [0.25, 0.3) is 11.3 Å². The number of methoxy groups -OCH3 is 3. The van der Waals surface area contributed by atoms with E-state index in [0.29, 0.717) is 45.8 Å². The molecule has 2 aromatic heterocycles. The summed E-state index contributed by atoms with van der Waals surface area (Å²) in [6, 6.07) is 13.1. The highest BCUT2D eigenvalue weighted by molar-refractivity contribution is 7.89. The Morgan fingerprint density at radius 3 is 2.06 bits per heavy atom. The number of nitrogens with zero attached hydrogens (tertiary/aromatic N) is 3. The number of aromatic nitrogens is 4. The lowest BCUT2D eigenvalue weighted by Crippen LogP contribution is -2.11. The Hall–Kier alpha value is -4.36. The van der Waals surface area contributed by atoms with Crippen molar-refractivity contribution in [1.82, 2.24) is 20.2 Å². The molecule has 0 saturated heterocycles. The Morgan fingerprint density at radius 2 is 1.53 bits per heavy atom. The molecule has 0 spiro atoms. The molecule has 0 radical (unpaired) electrons. The zero-order chi connectivity index (χ0) is 25.9. The lowest BCUT2D eigenvalue weighted by molar-refractivity contribution is 0.324. The maximum absolute atomic E-state index is 11.6. The van der Waals surface area contributed by atoms with E-state index in [2.05, 4.69) is 30.8 Å². The fraction of sp³-hybridized carbons (Fsp3) is 0.174. The summed E-state index contributed by atoms with van der Waals surface area (Å²) in [6.07, 6.45) is 0. The predicted molar refractivity (Wildman–Crippen MR) is 135 cm³/mol. The monoisotopic (exact) mass is 511 g/mol. The van der Waals surface area contributed by atoms with E-state index in [-0.39, 0.29) is 10.8 Å². The Labute approximate surface area is 207 Å². The normalized spacial score (nSPS) is 11.1. The van der Waals surface area contributed by atoms with Gasteiger partial charge in [-0.05, 0) is 43.3 Å². The number of hydrogen-bond acceptors (Lipinski definition) is 10. The van der Waals surface area contributed by atoms with Gasteiger partial charge in [-0.15, -0.1) is 0 Å². The summed E-state index contributed by atoms with van der Waals surface area (Å²) in [5.74, 6) is 2.68. The maximum Gasteiger partial charge on any atom is 0.238 e. The SMILES string of the molecule is COc1cc(-c2cc(Nc3cc(C)[nH]n3)nc(Nc3ccc(S(N)(=O)=O)cc3)n2)cc(OC)c1OC. The lowest BCUT2D eigenvalue weighted by Gasteiger charge is -2.15. The molecule has 5 N–H and O–H groups in total. The van der Waals surface area contributed by atoms with E-state index in [4.69, 9.17) is 19.3 Å². The maximum atomic E-state index is 11.6. The predicted octanol–water partition coefficient (Wildman–Crippen LogP) is 3.34. The Kier molecular flexibility index (Phi) is 6.94. The number of rotatable bonds is 9. The lowest BCUT2D eigenvalue weighted by atomic mass is 10.1. The van der Waals surface area contributed by atoms with Crippen molar-refractivity contribution < 1.29 is 22.6 Å². The molecule has 0 aliphatic carbocycles. The zero-order valence-corrected chi connectivity index (χ0v) is 20.8. The Balaban J connectivity index is 1.77. The van der Waals surface area contributed by atoms with Crippen LogP contribution in [0.2, 0.25) is 0 Å². The van der Waals surface area contributed by atoms with E-state index in [0.717, 1.165) is 5.69 Å². The van der Waals surface area contributed by atoms with Gasteiger partial charge < -0.3 is 24.8 Å². The summed E-state index contributed by atoms with van der Waals surface area (Å²) in [5.41, 5.74) is 2.67. The third-order valence-corrected chi connectivity index (χ3v) is 6.02. The molecule has 36 heavy (non-hydrogen) atoms. The summed E-state index contributed by atoms with van der Waals surface area (Å²) in [6.45, 7) is 1.89. The van der Waals surface area contributed by atoms with E-state index >= 15 is 0 Å². The molecule has 2 aromatic carbocycles. The number of ether oxygens (including phenoxy) is 3. The van der Waals surface area contributed by atoms with Crippen LogP contribution in [0.5, 0.6) is 17.2 Å². The van der Waals surface area contributed by atoms with Crippen molar-refractivity contribution in [2.45, 2.75) is 11.8 Å². The second-order valence-electron chi connectivity index (χ2n) is 7.63. The van der Waals surface area contributed by atoms with Crippen LogP contribution in [0.4, 0.5) is 23.3 Å². The molecule has 0 saturated carbocycles. The second kappa shape index (κ2) is 10.1. The van der Waals surface area contributed by atoms with Crippen molar-refractivity contribution in [3.8, 4) is 28.5 Å². The molecule has 0 aliphatic rings. The fourth-order valence-electron chi connectivity index (χ4n) is 3.41. The Bertz CT molecular complexity index is 1460. The van der Waals surface area contributed by atoms with Crippen molar-refractivity contribution in [2.75, 3.05) is 32.0 Å². The molecule has 0 aliphatic heterocycles. The van der Waals surface area contributed by atoms with Crippen LogP contribution in [-0.4, -0.2) is 49.9 Å². The zero-order valence-electron chi connectivity index (χ0n) is 20.0. The molecular weight excluding hydrogens is 486 g/mol. The highest BCUT2D eigenvalue weighted by atomic mass is 32.2. The van der Waals surface area contributed by atoms with Crippen molar-refractivity contribution in [1.29, 1.82) is 0 Å². The number of primary sulfonamides is 1. The van der Waals surface area contributed by atoms with Gasteiger partial charge in [-0.2, -0.15) is 10.1 Å². The van der Waals surface area contributed by atoms with Gasteiger partial charge >= 0.3 is 0 Å². The summed E-state index contributed by atoms with van der Waals surface area (Å²) in [4.78, 5) is 9.17. The second-order valence-corrected chi connectivity index (χ2v) is 9.19. The van der Waals surface area contributed by atoms with Crippen LogP contribution in [0, 0.1) is 6.92 Å². The first kappa shape index (κ1) is 24.8. The first-order valence-electron chi connectivity index (χ1n) is 10.6. The largest absolute Gasteiger partial charge is 0.493 e. The number of H-pyrrole nitrogens is 1. The van der Waals surface area contributed by atoms with Gasteiger partial charge in [-0.25, -0.2) is 18.5 Å². The minimum absolute atomic E-state index is 0.00333. The van der Waals surface area contributed by atoms with Crippen molar-refractivity contribution in [3.05, 3.63) is 54.2 Å². The standard InChI is InChI=1S/C23H25N7O5S/c1-13-9-21(30-29-13)27-20-12-17(14-10-18(33-2)22(35-4)19(11-14)34-3)26-23(28-20)25-15-5-7-16(8-6-15)36(24,31)32/h5-12H,1-4H3,(H2,24,31,32)(H3,25,26,27,28,29,30). The van der Waals surface area contributed by atoms with Gasteiger partial charge in [0.25, 0.3) is 0 Å². The summed E-state index contributed by atoms with van der Waals surface area (Å²) < 4.78 is 39.5. The van der Waals surface area contributed by atoms with Crippen LogP contribution in [0.3, 0.4) is 0 Å². The number of anilines is 4. The average molecular weight is 512 g/mol. The molecule has 0 fully saturated rings. The minimum atomic E-state index is -3.81. The van der Waals surface area contributed by atoms with Crippen LogP contribution < -0.4 is 30.0 Å². The average Bonchev–Trinajstić information content (AvgIpc) is 3.26. The van der Waals surface area contributed by atoms with Gasteiger partial charge in [0.1, 0.15) is 5.82 Å². The van der Waals surface area contributed by atoms with Gasteiger partial charge in [0, 0.05) is 29.1 Å². The van der Waals surface area contributed by atoms with Crippen molar-refractivity contribution in [2.24, 2.45) is 5.14 Å². The van der Waals surface area contributed by atoms with Gasteiger partial charge in [-0.1, -0.05) is 0 Å². The van der Waals surface area contributed by atoms with E-state index in [9.17, 15) is 8.42 Å². The molecule has 0 atom stereocenters. The van der Waals surface area contributed by atoms with Gasteiger partial charge in [0.05, 0.1) is 31.9 Å². The Morgan fingerprint density at radius 1 is 0.861 bits per heavy atom. The molecule has 13 heteroatoms. The minimum Gasteiger partial charge on any atom is -0.493 e. The summed E-state index contributed by atoms with van der Waals surface area (Å²) >= 11 is 0. The number of nitrogens with one attached hydrogen (secondary N) is 3. The van der Waals surface area contributed by atoms with Crippen molar-refractivity contribution in [3.63, 3.8) is 0 Å². The number of benzene rings is 2. The van der Waals surface area contributed by atoms with Crippen LogP contribution in [-0.2, 0) is 10.0 Å². The van der Waals surface area contributed by atoms with Gasteiger partial charge in [0.2, 0.25) is 21.7 Å². The molecule has 12 nitrogen and oxygen atoms in total. The smallest absolute Gasteiger partial charge is 0.238 e. The molecule has 0 amide bonds. The molecule has 2 heterocycles. The van der Waals surface area contributed by atoms with E-state index in [1.165, 1.54) is 33.5 Å². The van der Waals surface area contributed by atoms with Crippen LogP contribution in [0.15, 0.2) is 53.4 Å². The number of nitrogens with two attached hydrogens (primary N) is 1. The topological polar surface area (TPSA) is 166 Å². The first-order valence-corrected chi connectivity index (χ1v) is 12.1. The summed E-state index contributed by atoms with van der Waals surface area (Å²) in [5, 5.41) is 18.5. The fourth-order valence-corrected chi connectivity index (χ4v) is 3.93. The van der Waals surface area contributed by atoms with Crippen molar-refractivity contribution >= 4 is 33.3 Å². The summed E-state index contributed by atoms with van der Waals surface area (Å²) in [7, 11) is 0.791. The highest BCUT2D eigenvalue weighted by Gasteiger charge is 2.17. The number of sulfonamides is 1. The molecule has 0 bridgehead atoms. The van der Waals surface area contributed by atoms with E-state index in [1.54, 1.807) is 30.3 Å². The molecule has 4 rings (SSSR count). The first-order chi connectivity index (χ1) is 17.2. The van der Waals surface area contributed by atoms with Gasteiger partial charge in [-0.3, -0.25) is 5.10 Å². The highest BCUT2D eigenvalue weighted by Crippen LogP contribution is 2.41. The van der Waals surface area contributed by atoms with E-state index < -0.39 is 10.0 Å². The third-order valence-electron chi connectivity index (χ3n) is 5.09. The van der Waals surface area contributed by atoms with E-state index in [1.807, 2.05) is 13.0 Å². The number of aromatic amines is 1.